The van der Waals surface area contributed by atoms with Crippen LogP contribution in [0.2, 0.25) is 0 Å². The van der Waals surface area contributed by atoms with E-state index in [1.54, 1.807) is 31.4 Å². The van der Waals surface area contributed by atoms with Crippen LogP contribution >= 0.6 is 0 Å². The highest BCUT2D eigenvalue weighted by molar-refractivity contribution is 5.97. The maximum atomic E-state index is 13.3. The molecule has 0 radical (unpaired) electrons. The molecule has 0 spiro atoms. The Hall–Kier alpha value is -3.35. The fraction of sp³-hybridized carbons (Fsp3) is 0.483. The minimum absolute atomic E-state index is 0.0162. The van der Waals surface area contributed by atoms with Crippen molar-refractivity contribution in [2.24, 2.45) is 11.8 Å². The molecule has 2 atom stereocenters. The van der Waals surface area contributed by atoms with Gasteiger partial charge in [0.15, 0.2) is 0 Å². The number of nitrogens with zero attached hydrogens (tertiary/aromatic N) is 1. The molecule has 2 aromatic rings. The number of nitrogens with one attached hydrogen (secondary N) is 2. The summed E-state index contributed by atoms with van der Waals surface area (Å²) in [5.74, 6) is 0.550. The summed E-state index contributed by atoms with van der Waals surface area (Å²) in [4.78, 5) is 41.0. The maximum Gasteiger partial charge on any atom is 0.251 e. The average Bonchev–Trinajstić information content (AvgIpc) is 2.90. The van der Waals surface area contributed by atoms with E-state index >= 15 is 0 Å². The van der Waals surface area contributed by atoms with E-state index in [-0.39, 0.29) is 35.6 Å². The predicted molar refractivity (Wildman–Crippen MR) is 141 cm³/mol. The molecule has 2 unspecified atom stereocenters. The Balaban J connectivity index is 1.63. The molecule has 7 heteroatoms. The largest absolute Gasteiger partial charge is 0.497 e. The van der Waals surface area contributed by atoms with Crippen LogP contribution in [0.4, 0.5) is 0 Å². The van der Waals surface area contributed by atoms with Crippen LogP contribution in [0.15, 0.2) is 54.6 Å². The number of carbonyl (C=O) groups excluding carboxylic acids is 3. The monoisotopic (exact) mass is 493 g/mol. The number of amides is 3. The van der Waals surface area contributed by atoms with Crippen LogP contribution < -0.4 is 15.4 Å². The smallest absolute Gasteiger partial charge is 0.251 e. The number of hydrogen-bond acceptors (Lipinski definition) is 4. The van der Waals surface area contributed by atoms with Crippen LogP contribution in [-0.2, 0) is 16.0 Å². The lowest BCUT2D eigenvalue weighted by Gasteiger charge is -2.36. The first-order chi connectivity index (χ1) is 17.3. The van der Waals surface area contributed by atoms with Gasteiger partial charge in [0.05, 0.1) is 7.11 Å². The highest BCUT2D eigenvalue weighted by Gasteiger charge is 2.34. The van der Waals surface area contributed by atoms with Gasteiger partial charge in [-0.2, -0.15) is 0 Å². The number of piperidine rings is 1. The summed E-state index contributed by atoms with van der Waals surface area (Å²) in [6, 6.07) is 16.2. The summed E-state index contributed by atoms with van der Waals surface area (Å²) in [5.41, 5.74) is 1.62. The molecule has 3 amide bonds. The average molecular weight is 494 g/mol. The number of benzene rings is 2. The van der Waals surface area contributed by atoms with Gasteiger partial charge in [-0.15, -0.1) is 0 Å². The van der Waals surface area contributed by atoms with Gasteiger partial charge in [-0.1, -0.05) is 44.2 Å². The summed E-state index contributed by atoms with van der Waals surface area (Å²) in [5, 5.41) is 6.05. The number of aryl methyl sites for hydroxylation is 1. The van der Waals surface area contributed by atoms with Crippen LogP contribution in [0, 0.1) is 11.8 Å². The van der Waals surface area contributed by atoms with Crippen molar-refractivity contribution in [1.82, 2.24) is 15.5 Å². The van der Waals surface area contributed by atoms with Gasteiger partial charge in [-0.05, 0) is 67.9 Å². The molecule has 0 aromatic heterocycles. The van der Waals surface area contributed by atoms with Crippen LogP contribution in [0.3, 0.4) is 0 Å². The van der Waals surface area contributed by atoms with Crippen molar-refractivity contribution in [2.75, 3.05) is 20.2 Å². The molecule has 2 N–H and O–H groups in total. The van der Waals surface area contributed by atoms with Crippen molar-refractivity contribution in [3.8, 4) is 5.75 Å². The zero-order chi connectivity index (χ0) is 26.1. The Morgan fingerprint density at radius 3 is 2.17 bits per heavy atom. The van der Waals surface area contributed by atoms with E-state index in [1.165, 1.54) is 0 Å². The molecule has 1 heterocycles. The van der Waals surface area contributed by atoms with Crippen molar-refractivity contribution in [3.63, 3.8) is 0 Å². The van der Waals surface area contributed by atoms with E-state index in [1.807, 2.05) is 42.2 Å². The number of carbonyl (C=O) groups is 3. The molecule has 1 aliphatic rings. The Kier molecular flexibility index (Phi) is 9.91. The SMILES string of the molecule is COc1ccc(C(=O)NC(C(=O)NC(C)C(C)C)C2CCN(C(=O)CCc3ccccc3)CC2)cc1. The first-order valence-electron chi connectivity index (χ1n) is 12.9. The molecule has 7 nitrogen and oxygen atoms in total. The quantitative estimate of drug-likeness (QED) is 0.527. The van der Waals surface area contributed by atoms with Gasteiger partial charge in [0.2, 0.25) is 11.8 Å². The van der Waals surface area contributed by atoms with E-state index in [0.717, 1.165) is 12.0 Å². The lowest BCUT2D eigenvalue weighted by molar-refractivity contribution is -0.133. The van der Waals surface area contributed by atoms with E-state index in [4.69, 9.17) is 4.74 Å². The lowest BCUT2D eigenvalue weighted by atomic mass is 9.88. The molecular weight excluding hydrogens is 454 g/mol. The second kappa shape index (κ2) is 13.1. The third kappa shape index (κ3) is 7.57. The normalized spacial score (nSPS) is 15.8. The first kappa shape index (κ1) is 27.2. The minimum atomic E-state index is -0.664. The van der Waals surface area contributed by atoms with Gasteiger partial charge in [-0.25, -0.2) is 0 Å². The summed E-state index contributed by atoms with van der Waals surface area (Å²) in [7, 11) is 1.57. The topological polar surface area (TPSA) is 87.7 Å². The summed E-state index contributed by atoms with van der Waals surface area (Å²) >= 11 is 0. The molecule has 36 heavy (non-hydrogen) atoms. The third-order valence-corrected chi connectivity index (χ3v) is 7.13. The summed E-state index contributed by atoms with van der Waals surface area (Å²) in [6.07, 6.45) is 2.51. The molecule has 0 bridgehead atoms. The highest BCUT2D eigenvalue weighted by atomic mass is 16.5. The van der Waals surface area contributed by atoms with Gasteiger partial charge in [0, 0.05) is 31.1 Å². The van der Waals surface area contributed by atoms with Gasteiger partial charge < -0.3 is 20.3 Å². The zero-order valence-electron chi connectivity index (χ0n) is 21.8. The van der Waals surface area contributed by atoms with Crippen LogP contribution in [0.1, 0.15) is 56.0 Å². The van der Waals surface area contributed by atoms with Gasteiger partial charge in [0.1, 0.15) is 11.8 Å². The van der Waals surface area contributed by atoms with Crippen LogP contribution in [0.25, 0.3) is 0 Å². The number of ether oxygens (including phenoxy) is 1. The van der Waals surface area contributed by atoms with Crippen LogP contribution in [-0.4, -0.2) is 54.9 Å². The van der Waals surface area contributed by atoms with E-state index < -0.39 is 6.04 Å². The molecule has 1 fully saturated rings. The first-order valence-corrected chi connectivity index (χ1v) is 12.9. The fourth-order valence-electron chi connectivity index (χ4n) is 4.38. The summed E-state index contributed by atoms with van der Waals surface area (Å²) in [6.45, 7) is 7.24. The standard InChI is InChI=1S/C29H39N3O4/c1-20(2)21(3)30-29(35)27(31-28(34)24-11-13-25(36-4)14-12-24)23-16-18-32(19-17-23)26(33)15-10-22-8-6-5-7-9-22/h5-9,11-14,20-21,23,27H,10,15-19H2,1-4H3,(H,30,35)(H,31,34). The number of hydrogen-bond donors (Lipinski definition) is 2. The fourth-order valence-corrected chi connectivity index (χ4v) is 4.38. The van der Waals surface area contributed by atoms with Gasteiger partial charge >= 0.3 is 0 Å². The van der Waals surface area contributed by atoms with Crippen molar-refractivity contribution >= 4 is 17.7 Å². The molecule has 3 rings (SSSR count). The summed E-state index contributed by atoms with van der Waals surface area (Å²) < 4.78 is 5.17. The van der Waals surface area contributed by atoms with Crippen molar-refractivity contribution in [3.05, 3.63) is 65.7 Å². The second-order valence-electron chi connectivity index (χ2n) is 9.92. The minimum Gasteiger partial charge on any atom is -0.497 e. The molecular formula is C29H39N3O4. The molecule has 0 aliphatic carbocycles. The molecule has 1 saturated heterocycles. The predicted octanol–water partition coefficient (Wildman–Crippen LogP) is 3.83. The molecule has 1 aliphatic heterocycles. The number of methoxy groups -OCH3 is 1. The van der Waals surface area contributed by atoms with Crippen LogP contribution in [0.5, 0.6) is 5.75 Å². The molecule has 2 aromatic carbocycles. The van der Waals surface area contributed by atoms with Crippen molar-refractivity contribution in [1.29, 1.82) is 0 Å². The van der Waals surface area contributed by atoms with Gasteiger partial charge in [-0.3, -0.25) is 14.4 Å². The Morgan fingerprint density at radius 1 is 0.944 bits per heavy atom. The van der Waals surface area contributed by atoms with E-state index in [2.05, 4.69) is 24.5 Å². The Morgan fingerprint density at radius 2 is 1.58 bits per heavy atom. The lowest BCUT2D eigenvalue weighted by Crippen LogP contribution is -2.55. The molecule has 194 valence electrons. The number of rotatable bonds is 10. The van der Waals surface area contributed by atoms with E-state index in [9.17, 15) is 14.4 Å². The second-order valence-corrected chi connectivity index (χ2v) is 9.92. The van der Waals surface area contributed by atoms with Crippen molar-refractivity contribution in [2.45, 2.75) is 58.5 Å². The highest BCUT2D eigenvalue weighted by Crippen LogP contribution is 2.23. The zero-order valence-corrected chi connectivity index (χ0v) is 21.8. The maximum absolute atomic E-state index is 13.3. The van der Waals surface area contributed by atoms with E-state index in [0.29, 0.717) is 43.7 Å². The van der Waals surface area contributed by atoms with Gasteiger partial charge in [0.25, 0.3) is 5.91 Å². The van der Waals surface area contributed by atoms with Crippen molar-refractivity contribution < 1.29 is 19.1 Å². The number of likely N-dealkylation sites (tertiary alicyclic amines) is 1. The Labute approximate surface area is 214 Å². The Bertz CT molecular complexity index is 999. The molecule has 0 saturated carbocycles. The third-order valence-electron chi connectivity index (χ3n) is 7.13.